The van der Waals surface area contributed by atoms with E-state index in [1.54, 1.807) is 12.1 Å². The molecule has 1 N–H and O–H groups in total. The van der Waals surface area contributed by atoms with Crippen molar-refractivity contribution < 1.29 is 19.6 Å². The molecule has 1 atom stereocenters. The number of nitrogens with zero attached hydrogens (tertiary/aromatic N) is 3. The van der Waals surface area contributed by atoms with Gasteiger partial charge in [-0.1, -0.05) is 0 Å². The van der Waals surface area contributed by atoms with Gasteiger partial charge in [-0.05, 0) is 36.8 Å². The monoisotopic (exact) mass is 339 g/mol. The van der Waals surface area contributed by atoms with Gasteiger partial charge in [0.15, 0.2) is 11.5 Å². The van der Waals surface area contributed by atoms with E-state index in [1.165, 1.54) is 48.5 Å². The number of carbonyl (C=O) groups excluding carboxylic acids is 2. The van der Waals surface area contributed by atoms with Crippen molar-refractivity contribution >= 4 is 23.1 Å². The van der Waals surface area contributed by atoms with Gasteiger partial charge in [0.05, 0.1) is 28.4 Å². The fraction of sp³-hybridized carbons (Fsp3) is 0.118. The number of rotatable bonds is 4. The quantitative estimate of drug-likeness (QED) is 0.676. The molecular weight excluding hydrogens is 326 g/mol. The van der Waals surface area contributed by atoms with E-state index in [1.807, 2.05) is 0 Å². The number of carbonyl (C=O) groups is 2. The Hall–Kier alpha value is -3.55. The lowest BCUT2D eigenvalue weighted by Gasteiger charge is -2.26. The standard InChI is InChI=1S/C17H13N3O5/c1-10(21)14-15(11-4-6-12(7-5-11)20(24)25)19(17(23)16(14)22)13-3-2-8-18-9-13/h2-9,15,22H,1H3/t15-/m1/s1. The number of Topliss-reactive ketones (excluding diaryl/α,β-unsaturated/α-hetero) is 1. The third-order valence-corrected chi connectivity index (χ3v) is 3.93. The number of benzene rings is 1. The molecule has 0 radical (unpaired) electrons. The van der Waals surface area contributed by atoms with E-state index in [-0.39, 0.29) is 11.3 Å². The van der Waals surface area contributed by atoms with Crippen molar-refractivity contribution in [2.45, 2.75) is 13.0 Å². The van der Waals surface area contributed by atoms with Crippen LogP contribution in [0.1, 0.15) is 18.5 Å². The number of hydrogen-bond acceptors (Lipinski definition) is 6. The van der Waals surface area contributed by atoms with Crippen LogP contribution in [0, 0.1) is 10.1 Å². The molecule has 1 aliphatic heterocycles. The predicted octanol–water partition coefficient (Wildman–Crippen LogP) is 2.48. The molecule has 126 valence electrons. The molecule has 25 heavy (non-hydrogen) atoms. The summed E-state index contributed by atoms with van der Waals surface area (Å²) in [4.78, 5) is 40.0. The van der Waals surface area contributed by atoms with Crippen molar-refractivity contribution in [2.24, 2.45) is 0 Å². The van der Waals surface area contributed by atoms with Crippen LogP contribution in [0.15, 0.2) is 60.1 Å². The summed E-state index contributed by atoms with van der Waals surface area (Å²) in [6.45, 7) is 1.25. The van der Waals surface area contributed by atoms with E-state index in [4.69, 9.17) is 0 Å². The third-order valence-electron chi connectivity index (χ3n) is 3.93. The zero-order valence-corrected chi connectivity index (χ0v) is 13.1. The Labute approximate surface area is 142 Å². The number of nitro groups is 1. The third kappa shape index (κ3) is 2.74. The van der Waals surface area contributed by atoms with Crippen molar-refractivity contribution in [3.8, 4) is 0 Å². The summed E-state index contributed by atoms with van der Waals surface area (Å²) in [5.74, 6) is -1.80. The van der Waals surface area contributed by atoms with Gasteiger partial charge in [0.2, 0.25) is 0 Å². The van der Waals surface area contributed by atoms with E-state index in [9.17, 15) is 24.8 Å². The van der Waals surface area contributed by atoms with Gasteiger partial charge >= 0.3 is 0 Å². The summed E-state index contributed by atoms with van der Waals surface area (Å²) in [5.41, 5.74) is 0.706. The van der Waals surface area contributed by atoms with Crippen molar-refractivity contribution in [2.75, 3.05) is 4.90 Å². The summed E-state index contributed by atoms with van der Waals surface area (Å²) in [5, 5.41) is 21.0. The average Bonchev–Trinajstić information content (AvgIpc) is 2.87. The fourth-order valence-corrected chi connectivity index (χ4v) is 2.82. The van der Waals surface area contributed by atoms with Crippen molar-refractivity contribution in [1.29, 1.82) is 0 Å². The molecule has 1 aromatic carbocycles. The van der Waals surface area contributed by atoms with Crippen molar-refractivity contribution in [3.05, 3.63) is 75.8 Å². The second-order valence-corrected chi connectivity index (χ2v) is 5.46. The van der Waals surface area contributed by atoms with E-state index >= 15 is 0 Å². The summed E-state index contributed by atoms with van der Waals surface area (Å²) < 4.78 is 0. The van der Waals surface area contributed by atoms with Gasteiger partial charge in [0.25, 0.3) is 11.6 Å². The summed E-state index contributed by atoms with van der Waals surface area (Å²) >= 11 is 0. The van der Waals surface area contributed by atoms with Gasteiger partial charge in [-0.2, -0.15) is 0 Å². The van der Waals surface area contributed by atoms with E-state index in [0.29, 0.717) is 11.3 Å². The largest absolute Gasteiger partial charge is 0.503 e. The van der Waals surface area contributed by atoms with Crippen LogP contribution in [0.3, 0.4) is 0 Å². The molecule has 0 fully saturated rings. The fourth-order valence-electron chi connectivity index (χ4n) is 2.82. The molecule has 0 saturated carbocycles. The highest BCUT2D eigenvalue weighted by Crippen LogP contribution is 2.40. The Morgan fingerprint density at radius 3 is 2.48 bits per heavy atom. The summed E-state index contributed by atoms with van der Waals surface area (Å²) in [7, 11) is 0. The lowest BCUT2D eigenvalue weighted by atomic mass is 9.96. The van der Waals surface area contributed by atoms with Gasteiger partial charge in [-0.3, -0.25) is 29.6 Å². The zero-order chi connectivity index (χ0) is 18.1. The number of aliphatic hydroxyl groups excluding tert-OH is 1. The van der Waals surface area contributed by atoms with Gasteiger partial charge in [0, 0.05) is 18.3 Å². The lowest BCUT2D eigenvalue weighted by Crippen LogP contribution is -2.30. The summed E-state index contributed by atoms with van der Waals surface area (Å²) in [6.07, 6.45) is 2.97. The second-order valence-electron chi connectivity index (χ2n) is 5.46. The minimum Gasteiger partial charge on any atom is -0.503 e. The average molecular weight is 339 g/mol. The Kier molecular flexibility index (Phi) is 4.02. The first-order chi connectivity index (χ1) is 11.9. The zero-order valence-electron chi connectivity index (χ0n) is 13.1. The van der Waals surface area contributed by atoms with Crippen LogP contribution in [-0.2, 0) is 9.59 Å². The number of aromatic nitrogens is 1. The Bertz CT molecular complexity index is 890. The molecule has 1 amide bonds. The number of hydrogen-bond donors (Lipinski definition) is 1. The molecule has 3 rings (SSSR count). The van der Waals surface area contributed by atoms with Crippen LogP contribution >= 0.6 is 0 Å². The molecule has 0 spiro atoms. The minimum atomic E-state index is -0.880. The maximum Gasteiger partial charge on any atom is 0.294 e. The number of amides is 1. The van der Waals surface area contributed by atoms with E-state index < -0.39 is 28.4 Å². The number of pyridine rings is 1. The highest BCUT2D eigenvalue weighted by atomic mass is 16.6. The van der Waals surface area contributed by atoms with Crippen LogP contribution in [0.25, 0.3) is 0 Å². The predicted molar refractivity (Wildman–Crippen MR) is 87.9 cm³/mol. The smallest absolute Gasteiger partial charge is 0.294 e. The Balaban J connectivity index is 2.14. The SMILES string of the molecule is CC(=O)C1=C(O)C(=O)N(c2cccnc2)[C@@H]1c1ccc([N+](=O)[O-])cc1. The first-order valence-electron chi connectivity index (χ1n) is 7.34. The number of non-ortho nitro benzene ring substituents is 1. The molecular formula is C17H13N3O5. The van der Waals surface area contributed by atoms with Crippen molar-refractivity contribution in [3.63, 3.8) is 0 Å². The van der Waals surface area contributed by atoms with Crippen LogP contribution < -0.4 is 4.90 Å². The second kappa shape index (κ2) is 6.16. The molecule has 2 heterocycles. The maximum absolute atomic E-state index is 12.5. The molecule has 2 aromatic rings. The van der Waals surface area contributed by atoms with Gasteiger partial charge in [-0.15, -0.1) is 0 Å². The van der Waals surface area contributed by atoms with Gasteiger partial charge < -0.3 is 5.11 Å². The van der Waals surface area contributed by atoms with Gasteiger partial charge in [0.1, 0.15) is 0 Å². The molecule has 0 unspecified atom stereocenters. The molecule has 1 aliphatic rings. The molecule has 0 saturated heterocycles. The number of ketones is 1. The number of nitro benzene ring substituents is 1. The first kappa shape index (κ1) is 16.3. The lowest BCUT2D eigenvalue weighted by molar-refractivity contribution is -0.384. The van der Waals surface area contributed by atoms with Crippen molar-refractivity contribution in [1.82, 2.24) is 4.98 Å². The first-order valence-corrected chi connectivity index (χ1v) is 7.34. The summed E-state index contributed by atoms with van der Waals surface area (Å²) in [6, 6.07) is 7.86. The molecule has 0 aliphatic carbocycles. The Morgan fingerprint density at radius 2 is 1.96 bits per heavy atom. The minimum absolute atomic E-state index is 0.0530. The van der Waals surface area contributed by atoms with Gasteiger partial charge in [-0.25, -0.2) is 0 Å². The van der Waals surface area contributed by atoms with Crippen LogP contribution in [0.4, 0.5) is 11.4 Å². The Morgan fingerprint density at radius 1 is 1.28 bits per heavy atom. The molecule has 1 aromatic heterocycles. The molecule has 0 bridgehead atoms. The molecule has 8 nitrogen and oxygen atoms in total. The highest BCUT2D eigenvalue weighted by Gasteiger charge is 2.43. The topological polar surface area (TPSA) is 114 Å². The van der Waals surface area contributed by atoms with Crippen LogP contribution in [0.2, 0.25) is 0 Å². The molecule has 8 heteroatoms. The number of anilines is 1. The highest BCUT2D eigenvalue weighted by molar-refractivity contribution is 6.16. The van der Waals surface area contributed by atoms with Crippen LogP contribution in [-0.4, -0.2) is 26.7 Å². The van der Waals surface area contributed by atoms with E-state index in [2.05, 4.69) is 4.98 Å². The van der Waals surface area contributed by atoms with E-state index in [0.717, 1.165) is 0 Å². The normalized spacial score (nSPS) is 17.1. The number of aliphatic hydroxyl groups is 1. The maximum atomic E-state index is 12.5. The van der Waals surface area contributed by atoms with Crippen LogP contribution in [0.5, 0.6) is 0 Å².